The first-order valence-corrected chi connectivity index (χ1v) is 7.27. The number of thioether (sulfide) groups is 1. The molecular weight excluding hydrogens is 243 g/mol. The SMILES string of the molecule is CC(Sc1ccccc1)B1OC(C)(C)C(C)(C)O1. The van der Waals surface area contributed by atoms with E-state index in [-0.39, 0.29) is 23.5 Å². The molecule has 1 fully saturated rings. The number of hydrogen-bond acceptors (Lipinski definition) is 3. The van der Waals surface area contributed by atoms with Crippen LogP contribution in [-0.2, 0) is 9.31 Å². The summed E-state index contributed by atoms with van der Waals surface area (Å²) in [7, 11) is -0.153. The standard InChI is InChI=1S/C14H21BO2S/c1-11(18-12-9-7-6-8-10-12)15-16-13(2,3)14(4,5)17-15/h6-11H,1-5H3. The summed E-state index contributed by atoms with van der Waals surface area (Å²) in [5.41, 5.74) is -0.494. The Morgan fingerprint density at radius 1 is 1.00 bits per heavy atom. The number of hydrogen-bond donors (Lipinski definition) is 0. The van der Waals surface area contributed by atoms with Crippen LogP contribution in [0.4, 0.5) is 0 Å². The molecule has 1 aliphatic heterocycles. The second-order valence-electron chi connectivity index (χ2n) is 5.76. The summed E-state index contributed by atoms with van der Waals surface area (Å²) in [5, 5.41) is 0.272. The van der Waals surface area contributed by atoms with Crippen LogP contribution >= 0.6 is 11.8 Å². The van der Waals surface area contributed by atoms with Crippen LogP contribution in [0.5, 0.6) is 0 Å². The first kappa shape index (κ1) is 14.0. The van der Waals surface area contributed by atoms with Gasteiger partial charge in [-0.2, -0.15) is 0 Å². The molecule has 0 aliphatic carbocycles. The molecule has 1 heterocycles. The van der Waals surface area contributed by atoms with Gasteiger partial charge >= 0.3 is 7.12 Å². The Morgan fingerprint density at radius 2 is 1.50 bits per heavy atom. The van der Waals surface area contributed by atoms with Crippen LogP contribution in [-0.4, -0.2) is 23.5 Å². The molecule has 4 heteroatoms. The van der Waals surface area contributed by atoms with Gasteiger partial charge in [-0.1, -0.05) is 25.1 Å². The molecule has 0 aromatic heterocycles. The minimum absolute atomic E-state index is 0.153. The smallest absolute Gasteiger partial charge is 0.403 e. The average Bonchev–Trinajstić information content (AvgIpc) is 2.50. The molecule has 0 N–H and O–H groups in total. The molecule has 2 rings (SSSR count). The van der Waals surface area contributed by atoms with E-state index in [9.17, 15) is 0 Å². The van der Waals surface area contributed by atoms with Crippen LogP contribution in [0.25, 0.3) is 0 Å². The van der Waals surface area contributed by atoms with E-state index in [1.54, 1.807) is 11.8 Å². The fourth-order valence-electron chi connectivity index (χ4n) is 1.85. The third-order valence-electron chi connectivity index (χ3n) is 3.72. The lowest BCUT2D eigenvalue weighted by molar-refractivity contribution is 0.00578. The van der Waals surface area contributed by atoms with Crippen molar-refractivity contribution in [2.24, 2.45) is 0 Å². The van der Waals surface area contributed by atoms with E-state index in [0.717, 1.165) is 0 Å². The maximum absolute atomic E-state index is 6.05. The minimum atomic E-state index is -0.247. The summed E-state index contributed by atoms with van der Waals surface area (Å²) in [5.74, 6) is 0. The molecule has 1 atom stereocenters. The van der Waals surface area contributed by atoms with E-state index >= 15 is 0 Å². The molecule has 98 valence electrons. The Hall–Kier alpha value is -0.445. The number of benzene rings is 1. The molecule has 0 amide bonds. The quantitative estimate of drug-likeness (QED) is 0.611. The van der Waals surface area contributed by atoms with Gasteiger partial charge in [-0.05, 0) is 39.8 Å². The van der Waals surface area contributed by atoms with Crippen LogP contribution in [0.3, 0.4) is 0 Å². The highest BCUT2D eigenvalue weighted by atomic mass is 32.2. The molecule has 1 aromatic rings. The van der Waals surface area contributed by atoms with Gasteiger partial charge in [0.25, 0.3) is 0 Å². The molecule has 0 radical (unpaired) electrons. The normalized spacial score (nSPS) is 23.1. The monoisotopic (exact) mass is 264 g/mol. The Kier molecular flexibility index (Phi) is 3.81. The van der Waals surface area contributed by atoms with Gasteiger partial charge < -0.3 is 9.31 Å². The molecule has 0 bridgehead atoms. The Balaban J connectivity index is 2.02. The van der Waals surface area contributed by atoms with Gasteiger partial charge in [0, 0.05) is 10.0 Å². The first-order valence-electron chi connectivity index (χ1n) is 6.39. The van der Waals surface area contributed by atoms with Crippen LogP contribution < -0.4 is 0 Å². The Morgan fingerprint density at radius 3 is 2.00 bits per heavy atom. The van der Waals surface area contributed by atoms with Crippen LogP contribution in [0, 0.1) is 0 Å². The summed E-state index contributed by atoms with van der Waals surface area (Å²) in [6.07, 6.45) is 0. The summed E-state index contributed by atoms with van der Waals surface area (Å²) in [4.78, 5) is 1.25. The number of rotatable bonds is 3. The second-order valence-corrected chi connectivity index (χ2v) is 7.21. The van der Waals surface area contributed by atoms with Crippen molar-refractivity contribution in [2.45, 2.75) is 55.9 Å². The summed E-state index contributed by atoms with van der Waals surface area (Å²) < 4.78 is 12.1. The molecule has 1 unspecified atom stereocenters. The van der Waals surface area contributed by atoms with Gasteiger partial charge in [-0.25, -0.2) is 0 Å². The summed E-state index contributed by atoms with van der Waals surface area (Å²) >= 11 is 1.79. The van der Waals surface area contributed by atoms with Crippen molar-refractivity contribution in [2.75, 3.05) is 0 Å². The van der Waals surface area contributed by atoms with E-state index in [1.165, 1.54) is 4.90 Å². The van der Waals surface area contributed by atoms with Gasteiger partial charge in [0.2, 0.25) is 0 Å². The van der Waals surface area contributed by atoms with E-state index in [0.29, 0.717) is 0 Å². The van der Waals surface area contributed by atoms with E-state index in [2.05, 4.69) is 58.9 Å². The van der Waals surface area contributed by atoms with Crippen molar-refractivity contribution >= 4 is 18.9 Å². The van der Waals surface area contributed by atoms with Gasteiger partial charge in [-0.3, -0.25) is 0 Å². The van der Waals surface area contributed by atoms with Gasteiger partial charge in [-0.15, -0.1) is 11.8 Å². The molecule has 1 aromatic carbocycles. The average molecular weight is 264 g/mol. The Labute approximate surface area is 115 Å². The second kappa shape index (κ2) is 4.91. The zero-order chi connectivity index (χ0) is 13.4. The highest BCUT2D eigenvalue weighted by Gasteiger charge is 2.52. The molecule has 0 saturated carbocycles. The third-order valence-corrected chi connectivity index (χ3v) is 4.86. The molecule has 1 aliphatic rings. The van der Waals surface area contributed by atoms with Crippen molar-refractivity contribution < 1.29 is 9.31 Å². The highest BCUT2D eigenvalue weighted by molar-refractivity contribution is 8.01. The lowest BCUT2D eigenvalue weighted by Gasteiger charge is -2.32. The molecule has 2 nitrogen and oxygen atoms in total. The minimum Gasteiger partial charge on any atom is -0.403 e. The predicted molar refractivity (Wildman–Crippen MR) is 77.8 cm³/mol. The Bertz CT molecular complexity index is 390. The maximum atomic E-state index is 6.05. The van der Waals surface area contributed by atoms with E-state index in [1.807, 2.05) is 6.07 Å². The fourth-order valence-corrected chi connectivity index (χ4v) is 2.82. The summed E-state index contributed by atoms with van der Waals surface area (Å²) in [6, 6.07) is 10.4. The van der Waals surface area contributed by atoms with E-state index in [4.69, 9.17) is 9.31 Å². The zero-order valence-electron chi connectivity index (χ0n) is 11.8. The van der Waals surface area contributed by atoms with Gasteiger partial charge in [0.1, 0.15) is 0 Å². The molecule has 18 heavy (non-hydrogen) atoms. The lowest BCUT2D eigenvalue weighted by atomic mass is 9.85. The lowest BCUT2D eigenvalue weighted by Crippen LogP contribution is -2.41. The first-order chi connectivity index (χ1) is 8.32. The van der Waals surface area contributed by atoms with Crippen LogP contribution in [0.2, 0.25) is 0 Å². The van der Waals surface area contributed by atoms with E-state index < -0.39 is 0 Å². The topological polar surface area (TPSA) is 18.5 Å². The molecule has 1 saturated heterocycles. The van der Waals surface area contributed by atoms with Gasteiger partial charge in [0.15, 0.2) is 0 Å². The predicted octanol–water partition coefficient (Wildman–Crippen LogP) is 3.80. The summed E-state index contributed by atoms with van der Waals surface area (Å²) in [6.45, 7) is 10.5. The fraction of sp³-hybridized carbons (Fsp3) is 0.571. The van der Waals surface area contributed by atoms with Crippen molar-refractivity contribution in [1.29, 1.82) is 0 Å². The van der Waals surface area contributed by atoms with Crippen molar-refractivity contribution in [3.8, 4) is 0 Å². The van der Waals surface area contributed by atoms with Crippen LogP contribution in [0.1, 0.15) is 34.6 Å². The zero-order valence-corrected chi connectivity index (χ0v) is 12.6. The van der Waals surface area contributed by atoms with Crippen molar-refractivity contribution in [1.82, 2.24) is 0 Å². The maximum Gasteiger partial charge on any atom is 0.471 e. The largest absolute Gasteiger partial charge is 0.471 e. The molecular formula is C14H21BO2S. The van der Waals surface area contributed by atoms with Crippen molar-refractivity contribution in [3.05, 3.63) is 30.3 Å². The highest BCUT2D eigenvalue weighted by Crippen LogP contribution is 2.40. The van der Waals surface area contributed by atoms with Crippen LogP contribution in [0.15, 0.2) is 35.2 Å². The third kappa shape index (κ3) is 2.76. The van der Waals surface area contributed by atoms with Gasteiger partial charge in [0.05, 0.1) is 11.2 Å². The molecule has 0 spiro atoms. The van der Waals surface area contributed by atoms with Crippen molar-refractivity contribution in [3.63, 3.8) is 0 Å².